The van der Waals surface area contributed by atoms with Crippen molar-refractivity contribution in [1.82, 2.24) is 5.32 Å². The van der Waals surface area contributed by atoms with Crippen LogP contribution in [-0.2, 0) is 9.59 Å². The van der Waals surface area contributed by atoms with Gasteiger partial charge in [-0.15, -0.1) is 0 Å². The van der Waals surface area contributed by atoms with E-state index in [0.717, 1.165) is 16.2 Å². The van der Waals surface area contributed by atoms with E-state index in [1.807, 2.05) is 0 Å². The summed E-state index contributed by atoms with van der Waals surface area (Å²) >= 11 is 15.9. The molecule has 3 rings (SSSR count). The Balaban J connectivity index is 1.71. The van der Waals surface area contributed by atoms with E-state index in [1.165, 1.54) is 12.1 Å². The number of ether oxygens (including phenoxy) is 1. The molecule has 10 heteroatoms. The Kier molecular flexibility index (Phi) is 6.66. The standard InChI is InChI=1S/C18H11BrCl2N2O4S/c19-10-1-4-14(9(5-10)6-15-17(25)23-18(26)28-15)27-8-16(24)22-11-2-3-12(20)13(21)7-11/h1-7H,8H2,(H,22,24)(H,23,25,26)/b15-6-. The van der Waals surface area contributed by atoms with E-state index < -0.39 is 17.1 Å². The molecule has 1 fully saturated rings. The van der Waals surface area contributed by atoms with Crippen LogP contribution in [0.5, 0.6) is 5.75 Å². The normalized spacial score (nSPS) is 14.9. The summed E-state index contributed by atoms with van der Waals surface area (Å²) < 4.78 is 6.34. The molecule has 2 N–H and O–H groups in total. The molecule has 0 aromatic heterocycles. The molecule has 28 heavy (non-hydrogen) atoms. The highest BCUT2D eigenvalue weighted by Crippen LogP contribution is 2.31. The van der Waals surface area contributed by atoms with Gasteiger partial charge in [0.15, 0.2) is 6.61 Å². The molecule has 0 spiro atoms. The summed E-state index contributed by atoms with van der Waals surface area (Å²) in [6.07, 6.45) is 1.53. The zero-order chi connectivity index (χ0) is 20.3. The van der Waals surface area contributed by atoms with Crippen LogP contribution >= 0.6 is 50.9 Å². The zero-order valence-electron chi connectivity index (χ0n) is 13.9. The second-order valence-corrected chi connectivity index (χ2v) is 8.24. The first-order chi connectivity index (χ1) is 13.3. The molecule has 0 unspecified atom stereocenters. The third kappa shape index (κ3) is 5.29. The van der Waals surface area contributed by atoms with Crippen molar-refractivity contribution in [2.45, 2.75) is 0 Å². The molecule has 1 saturated heterocycles. The van der Waals surface area contributed by atoms with Crippen LogP contribution in [0.3, 0.4) is 0 Å². The van der Waals surface area contributed by atoms with E-state index in [4.69, 9.17) is 27.9 Å². The van der Waals surface area contributed by atoms with Crippen molar-refractivity contribution in [3.05, 3.63) is 61.4 Å². The number of amides is 3. The first kappa shape index (κ1) is 20.7. The molecule has 2 aromatic rings. The average molecular weight is 502 g/mol. The Morgan fingerprint density at radius 1 is 1.18 bits per heavy atom. The summed E-state index contributed by atoms with van der Waals surface area (Å²) in [7, 11) is 0. The molecule has 1 aliphatic rings. The average Bonchev–Trinajstić information content (AvgIpc) is 2.94. The number of halogens is 3. The van der Waals surface area contributed by atoms with Crippen molar-refractivity contribution in [1.29, 1.82) is 0 Å². The number of imide groups is 1. The van der Waals surface area contributed by atoms with Gasteiger partial charge in [-0.25, -0.2) is 0 Å². The number of nitrogens with one attached hydrogen (secondary N) is 2. The van der Waals surface area contributed by atoms with E-state index in [1.54, 1.807) is 30.3 Å². The Morgan fingerprint density at radius 3 is 2.64 bits per heavy atom. The SMILES string of the molecule is O=C(COc1ccc(Br)cc1/C=C1\SC(=O)NC1=O)Nc1ccc(Cl)c(Cl)c1. The van der Waals surface area contributed by atoms with Gasteiger partial charge < -0.3 is 10.1 Å². The molecular formula is C18H11BrCl2N2O4S. The van der Waals surface area contributed by atoms with Gasteiger partial charge in [-0.2, -0.15) is 0 Å². The fourth-order valence-electron chi connectivity index (χ4n) is 2.24. The lowest BCUT2D eigenvalue weighted by atomic mass is 10.2. The van der Waals surface area contributed by atoms with Crippen molar-refractivity contribution in [3.63, 3.8) is 0 Å². The number of hydrogen-bond donors (Lipinski definition) is 2. The number of carbonyl (C=O) groups is 3. The summed E-state index contributed by atoms with van der Waals surface area (Å²) in [6, 6.07) is 9.84. The molecule has 1 aliphatic heterocycles. The van der Waals surface area contributed by atoms with Crippen molar-refractivity contribution < 1.29 is 19.1 Å². The number of benzene rings is 2. The van der Waals surface area contributed by atoms with E-state index in [-0.39, 0.29) is 11.5 Å². The van der Waals surface area contributed by atoms with Gasteiger partial charge in [0.25, 0.3) is 17.1 Å². The molecule has 144 valence electrons. The summed E-state index contributed by atoms with van der Waals surface area (Å²) in [6.45, 7) is -0.268. The van der Waals surface area contributed by atoms with Crippen LogP contribution in [0.2, 0.25) is 10.0 Å². The van der Waals surface area contributed by atoms with Crippen molar-refractivity contribution >= 4 is 79.7 Å². The van der Waals surface area contributed by atoms with Gasteiger partial charge in [-0.05, 0) is 54.2 Å². The van der Waals surface area contributed by atoms with E-state index >= 15 is 0 Å². The highest BCUT2D eigenvalue weighted by molar-refractivity contribution is 9.10. The van der Waals surface area contributed by atoms with E-state index in [0.29, 0.717) is 27.0 Å². The fraction of sp³-hybridized carbons (Fsp3) is 0.0556. The Labute approximate surface area is 182 Å². The maximum Gasteiger partial charge on any atom is 0.290 e. The summed E-state index contributed by atoms with van der Waals surface area (Å²) in [5.41, 5.74) is 1.03. The van der Waals surface area contributed by atoms with Crippen LogP contribution in [0.4, 0.5) is 10.5 Å². The number of hydrogen-bond acceptors (Lipinski definition) is 5. The van der Waals surface area contributed by atoms with Crippen LogP contribution in [-0.4, -0.2) is 23.7 Å². The number of carbonyl (C=O) groups excluding carboxylic acids is 3. The van der Waals surface area contributed by atoms with Gasteiger partial charge in [0.1, 0.15) is 5.75 Å². The molecule has 0 bridgehead atoms. The lowest BCUT2D eigenvalue weighted by molar-refractivity contribution is -0.118. The molecule has 3 amide bonds. The molecule has 0 aliphatic carbocycles. The van der Waals surface area contributed by atoms with Crippen molar-refractivity contribution in [2.75, 3.05) is 11.9 Å². The molecular weight excluding hydrogens is 491 g/mol. The number of thioether (sulfide) groups is 1. The first-order valence-corrected chi connectivity index (χ1v) is 10.1. The van der Waals surface area contributed by atoms with Crippen LogP contribution in [0.25, 0.3) is 6.08 Å². The molecule has 0 radical (unpaired) electrons. The van der Waals surface area contributed by atoms with Gasteiger partial charge in [0, 0.05) is 15.7 Å². The van der Waals surface area contributed by atoms with Gasteiger partial charge in [0.2, 0.25) is 0 Å². The van der Waals surface area contributed by atoms with E-state index in [2.05, 4.69) is 26.6 Å². The maximum atomic E-state index is 12.2. The first-order valence-electron chi connectivity index (χ1n) is 7.74. The predicted octanol–water partition coefficient (Wildman–Crippen LogP) is 5.10. The zero-order valence-corrected chi connectivity index (χ0v) is 17.8. The molecule has 0 atom stereocenters. The largest absolute Gasteiger partial charge is 0.483 e. The monoisotopic (exact) mass is 500 g/mol. The van der Waals surface area contributed by atoms with Gasteiger partial charge in [-0.1, -0.05) is 39.1 Å². The number of anilines is 1. The second kappa shape index (κ2) is 9.00. The topological polar surface area (TPSA) is 84.5 Å². The van der Waals surface area contributed by atoms with Gasteiger partial charge >= 0.3 is 0 Å². The van der Waals surface area contributed by atoms with Crippen LogP contribution in [0, 0.1) is 0 Å². The van der Waals surface area contributed by atoms with Gasteiger partial charge in [-0.3, -0.25) is 19.7 Å². The van der Waals surface area contributed by atoms with Crippen LogP contribution < -0.4 is 15.4 Å². The van der Waals surface area contributed by atoms with Gasteiger partial charge in [0.05, 0.1) is 15.0 Å². The predicted molar refractivity (Wildman–Crippen MR) is 114 cm³/mol. The smallest absolute Gasteiger partial charge is 0.290 e. The number of rotatable bonds is 5. The van der Waals surface area contributed by atoms with Crippen molar-refractivity contribution in [2.24, 2.45) is 0 Å². The molecule has 0 saturated carbocycles. The lowest BCUT2D eigenvalue weighted by Gasteiger charge is -2.11. The Morgan fingerprint density at radius 2 is 1.96 bits per heavy atom. The van der Waals surface area contributed by atoms with Crippen LogP contribution in [0.15, 0.2) is 45.8 Å². The molecule has 6 nitrogen and oxygen atoms in total. The minimum Gasteiger partial charge on any atom is -0.483 e. The minimum absolute atomic E-state index is 0.244. The Hall–Kier alpha value is -2.00. The highest BCUT2D eigenvalue weighted by atomic mass is 79.9. The minimum atomic E-state index is -0.474. The Bertz CT molecular complexity index is 1010. The molecule has 1 heterocycles. The van der Waals surface area contributed by atoms with E-state index in [9.17, 15) is 14.4 Å². The summed E-state index contributed by atoms with van der Waals surface area (Å²) in [5.74, 6) is -0.492. The third-order valence-corrected chi connectivity index (χ3v) is 5.51. The summed E-state index contributed by atoms with van der Waals surface area (Å²) in [4.78, 5) is 35.5. The lowest BCUT2D eigenvalue weighted by Crippen LogP contribution is -2.20. The van der Waals surface area contributed by atoms with Crippen molar-refractivity contribution in [3.8, 4) is 5.75 Å². The fourth-order valence-corrected chi connectivity index (χ4v) is 3.59. The molecule has 2 aromatic carbocycles. The quantitative estimate of drug-likeness (QED) is 0.557. The second-order valence-electron chi connectivity index (χ2n) is 5.50. The third-order valence-electron chi connectivity index (χ3n) is 3.46. The highest BCUT2D eigenvalue weighted by Gasteiger charge is 2.25. The maximum absolute atomic E-state index is 12.2. The summed E-state index contributed by atoms with van der Waals surface area (Å²) in [5, 5.41) is 5.11. The van der Waals surface area contributed by atoms with Crippen LogP contribution in [0.1, 0.15) is 5.56 Å².